The highest BCUT2D eigenvalue weighted by molar-refractivity contribution is 6.32. The molecule has 40 heavy (non-hydrogen) atoms. The number of halogens is 4. The molecule has 0 aliphatic carbocycles. The second-order valence-corrected chi connectivity index (χ2v) is 8.85. The molecule has 3 aromatic carbocycles. The van der Waals surface area contributed by atoms with Crippen molar-refractivity contribution in [3.05, 3.63) is 87.2 Å². The third kappa shape index (κ3) is 6.09. The Bertz CT molecular complexity index is 1650. The zero-order chi connectivity index (χ0) is 29.0. The van der Waals surface area contributed by atoms with Crippen molar-refractivity contribution in [2.75, 3.05) is 13.7 Å². The molecule has 0 saturated heterocycles. The number of hydrogen-bond donors (Lipinski definition) is 0. The molecule has 0 radical (unpaired) electrons. The summed E-state index contributed by atoms with van der Waals surface area (Å²) in [6.07, 6.45) is -4.28. The van der Waals surface area contributed by atoms with Gasteiger partial charge < -0.3 is 14.2 Å². The van der Waals surface area contributed by atoms with Crippen LogP contribution in [-0.4, -0.2) is 41.7 Å². The second-order valence-electron chi connectivity index (χ2n) is 8.44. The van der Waals surface area contributed by atoms with E-state index in [1.165, 1.54) is 44.5 Å². The second kappa shape index (κ2) is 11.8. The van der Waals surface area contributed by atoms with Crippen LogP contribution in [0.15, 0.2) is 70.6 Å². The normalized spacial score (nSPS) is 12.5. The first-order valence-corrected chi connectivity index (χ1v) is 12.4. The lowest BCUT2D eigenvalue weighted by Gasteiger charge is -2.17. The molecule has 0 amide bonds. The molecule has 1 aromatic heterocycles. The highest BCUT2D eigenvalue weighted by Gasteiger charge is 2.31. The molecule has 0 aliphatic rings. The van der Waals surface area contributed by atoms with Gasteiger partial charge in [0.25, 0.3) is 5.56 Å². The molecule has 8 nitrogen and oxygen atoms in total. The fourth-order valence-corrected chi connectivity index (χ4v) is 4.07. The lowest BCUT2D eigenvalue weighted by Crippen LogP contribution is -2.25. The van der Waals surface area contributed by atoms with Crippen molar-refractivity contribution in [2.45, 2.75) is 26.1 Å². The van der Waals surface area contributed by atoms with Gasteiger partial charge in [0.2, 0.25) is 0 Å². The minimum Gasteiger partial charge on any atom is -0.490 e. The van der Waals surface area contributed by atoms with E-state index >= 15 is 0 Å². The number of fused-ring (bicyclic) bond motifs is 1. The maximum atomic E-state index is 13.4. The average molecular weight is 574 g/mol. The standard InChI is InChI=1S/C28H23ClF3N3O5/c1-4-39-23-13-17(12-21(29)24(23)40-16(2)27(37)38-3)15-33-35-25(18-8-7-9-19(14-18)28(30,31)32)34-22-11-6-5-10-20(22)26(35)36/h5-16H,4H2,1-3H3/t16-/m1/s1. The Morgan fingerprint density at radius 1 is 1.15 bits per heavy atom. The number of esters is 1. The summed E-state index contributed by atoms with van der Waals surface area (Å²) in [5.74, 6) is -0.398. The van der Waals surface area contributed by atoms with Crippen molar-refractivity contribution in [2.24, 2.45) is 5.10 Å². The molecule has 0 fully saturated rings. The zero-order valence-corrected chi connectivity index (χ0v) is 22.3. The summed E-state index contributed by atoms with van der Waals surface area (Å²) in [4.78, 5) is 29.7. The summed E-state index contributed by atoms with van der Waals surface area (Å²) in [6.45, 7) is 3.47. The average Bonchev–Trinajstić information content (AvgIpc) is 2.93. The lowest BCUT2D eigenvalue weighted by atomic mass is 10.1. The van der Waals surface area contributed by atoms with Crippen molar-refractivity contribution >= 4 is 34.7 Å². The van der Waals surface area contributed by atoms with Crippen LogP contribution in [-0.2, 0) is 15.7 Å². The first-order chi connectivity index (χ1) is 19.0. The van der Waals surface area contributed by atoms with Crippen molar-refractivity contribution < 1.29 is 32.2 Å². The van der Waals surface area contributed by atoms with Crippen LogP contribution in [0, 0.1) is 0 Å². The number of para-hydroxylation sites is 1. The van der Waals surface area contributed by atoms with Crippen LogP contribution in [0.3, 0.4) is 0 Å². The van der Waals surface area contributed by atoms with Gasteiger partial charge in [-0.3, -0.25) is 4.79 Å². The van der Waals surface area contributed by atoms with Gasteiger partial charge in [-0.1, -0.05) is 35.9 Å². The summed E-state index contributed by atoms with van der Waals surface area (Å²) >= 11 is 6.43. The summed E-state index contributed by atoms with van der Waals surface area (Å²) in [5.41, 5.74) is -0.760. The van der Waals surface area contributed by atoms with E-state index in [0.717, 1.165) is 16.8 Å². The van der Waals surface area contributed by atoms with Gasteiger partial charge in [-0.2, -0.15) is 22.9 Å². The quantitative estimate of drug-likeness (QED) is 0.191. The Hall–Kier alpha value is -4.38. The van der Waals surface area contributed by atoms with Crippen LogP contribution in [0.2, 0.25) is 5.02 Å². The molecule has 0 bridgehead atoms. The number of carbonyl (C=O) groups is 1. The predicted octanol–water partition coefficient (Wildman–Crippen LogP) is 5.96. The summed E-state index contributed by atoms with van der Waals surface area (Å²) in [6, 6.07) is 13.9. The van der Waals surface area contributed by atoms with Gasteiger partial charge in [-0.05, 0) is 55.8 Å². The van der Waals surface area contributed by atoms with Crippen LogP contribution >= 0.6 is 11.6 Å². The minimum absolute atomic E-state index is 0.0448. The number of benzene rings is 3. The van der Waals surface area contributed by atoms with Gasteiger partial charge in [0.15, 0.2) is 23.4 Å². The van der Waals surface area contributed by atoms with Crippen molar-refractivity contribution in [3.63, 3.8) is 0 Å². The summed E-state index contributed by atoms with van der Waals surface area (Å²) in [7, 11) is 1.23. The van der Waals surface area contributed by atoms with Gasteiger partial charge in [-0.15, -0.1) is 0 Å². The Balaban J connectivity index is 1.84. The highest BCUT2D eigenvalue weighted by atomic mass is 35.5. The van der Waals surface area contributed by atoms with E-state index in [4.69, 9.17) is 21.1 Å². The van der Waals surface area contributed by atoms with Crippen LogP contribution in [0.1, 0.15) is 25.0 Å². The Morgan fingerprint density at radius 3 is 2.60 bits per heavy atom. The molecule has 4 rings (SSSR count). The van der Waals surface area contributed by atoms with E-state index in [0.29, 0.717) is 11.1 Å². The zero-order valence-electron chi connectivity index (χ0n) is 21.5. The fourth-order valence-electron chi connectivity index (χ4n) is 3.81. The van der Waals surface area contributed by atoms with Crippen LogP contribution in [0.25, 0.3) is 22.3 Å². The van der Waals surface area contributed by atoms with Crippen molar-refractivity contribution in [1.82, 2.24) is 9.66 Å². The number of nitrogens with zero attached hydrogens (tertiary/aromatic N) is 3. The van der Waals surface area contributed by atoms with Crippen LogP contribution < -0.4 is 15.0 Å². The molecule has 1 atom stereocenters. The Labute approximate surface area is 231 Å². The molecule has 4 aromatic rings. The SMILES string of the molecule is CCOc1cc(C=Nn2c(-c3cccc(C(F)(F)F)c3)nc3ccccc3c2=O)cc(Cl)c1O[C@H](C)C(=O)OC. The maximum Gasteiger partial charge on any atom is 0.416 e. The Kier molecular flexibility index (Phi) is 8.43. The highest BCUT2D eigenvalue weighted by Crippen LogP contribution is 2.37. The van der Waals surface area contributed by atoms with E-state index in [-0.39, 0.29) is 39.9 Å². The predicted molar refractivity (Wildman–Crippen MR) is 144 cm³/mol. The third-order valence-corrected chi connectivity index (χ3v) is 5.96. The Morgan fingerprint density at radius 2 is 1.90 bits per heavy atom. The number of alkyl halides is 3. The van der Waals surface area contributed by atoms with E-state index in [1.54, 1.807) is 31.2 Å². The number of methoxy groups -OCH3 is 1. The van der Waals surface area contributed by atoms with E-state index in [2.05, 4.69) is 14.8 Å². The molecule has 0 saturated carbocycles. The molecule has 1 heterocycles. The smallest absolute Gasteiger partial charge is 0.416 e. The van der Waals surface area contributed by atoms with Gasteiger partial charge in [-0.25, -0.2) is 9.78 Å². The van der Waals surface area contributed by atoms with Gasteiger partial charge >= 0.3 is 12.1 Å². The van der Waals surface area contributed by atoms with Crippen molar-refractivity contribution in [3.8, 4) is 22.9 Å². The van der Waals surface area contributed by atoms with Crippen LogP contribution in [0.4, 0.5) is 13.2 Å². The lowest BCUT2D eigenvalue weighted by molar-refractivity contribution is -0.148. The first-order valence-electron chi connectivity index (χ1n) is 12.0. The molecule has 12 heteroatoms. The topological polar surface area (TPSA) is 92.0 Å². The van der Waals surface area contributed by atoms with E-state index in [9.17, 15) is 22.8 Å². The molecule has 208 valence electrons. The maximum absolute atomic E-state index is 13.4. The largest absolute Gasteiger partial charge is 0.490 e. The third-order valence-electron chi connectivity index (χ3n) is 5.68. The fraction of sp³-hybridized carbons (Fsp3) is 0.214. The first kappa shape index (κ1) is 28.6. The molecular formula is C28H23ClF3N3O5. The number of carbonyl (C=O) groups excluding carboxylic acids is 1. The monoisotopic (exact) mass is 573 g/mol. The van der Waals surface area contributed by atoms with Gasteiger partial charge in [0.05, 0.1) is 41.4 Å². The molecule has 0 spiro atoms. The summed E-state index contributed by atoms with van der Waals surface area (Å²) in [5, 5.41) is 4.59. The molecule has 0 aliphatic heterocycles. The number of ether oxygens (including phenoxy) is 3. The molecule has 0 N–H and O–H groups in total. The number of rotatable bonds is 8. The summed E-state index contributed by atoms with van der Waals surface area (Å²) < 4.78 is 57.2. The van der Waals surface area contributed by atoms with E-state index in [1.807, 2.05) is 0 Å². The van der Waals surface area contributed by atoms with Gasteiger partial charge in [0, 0.05) is 5.56 Å². The molecule has 0 unspecified atom stereocenters. The van der Waals surface area contributed by atoms with Crippen molar-refractivity contribution in [1.29, 1.82) is 0 Å². The van der Waals surface area contributed by atoms with Crippen LogP contribution in [0.5, 0.6) is 11.5 Å². The minimum atomic E-state index is -4.59. The number of aromatic nitrogens is 2. The van der Waals surface area contributed by atoms with Gasteiger partial charge in [0.1, 0.15) is 0 Å². The number of hydrogen-bond acceptors (Lipinski definition) is 7. The van der Waals surface area contributed by atoms with E-state index < -0.39 is 29.4 Å². The molecular weight excluding hydrogens is 551 g/mol.